The van der Waals surface area contributed by atoms with E-state index in [2.05, 4.69) is 12.1 Å². The zero-order valence-electron chi connectivity index (χ0n) is 7.05. The van der Waals surface area contributed by atoms with Crippen molar-refractivity contribution in [2.45, 2.75) is 6.92 Å². The number of allylic oxidation sites excluding steroid dienone is 1. The van der Waals surface area contributed by atoms with Crippen LogP contribution in [0.2, 0.25) is 0 Å². The van der Waals surface area contributed by atoms with Gasteiger partial charge in [0.15, 0.2) is 0 Å². The van der Waals surface area contributed by atoms with E-state index in [9.17, 15) is 0 Å². The largest absolute Gasteiger partial charge is 0.379 e. The highest BCUT2D eigenvalue weighted by atomic mass is 16.5. The second-order valence-electron chi connectivity index (χ2n) is 2.14. The molecule has 0 amide bonds. The molecule has 0 saturated carbocycles. The minimum Gasteiger partial charge on any atom is -0.379 e. The molecule has 0 spiro atoms. The molecule has 1 fully saturated rings. The summed E-state index contributed by atoms with van der Waals surface area (Å²) in [6.07, 6.45) is 1.75. The average molecular weight is 159 g/mol. The number of hydrogen-bond donors (Lipinski definition) is 2. The normalized spacial score (nSPS) is 18.4. The minimum absolute atomic E-state index is 0.782. The Morgan fingerprint density at radius 3 is 2.27 bits per heavy atom. The molecule has 3 N–H and O–H groups in total. The van der Waals surface area contributed by atoms with Gasteiger partial charge >= 0.3 is 0 Å². The molecule has 0 unspecified atom stereocenters. The number of hydrazine groups is 2. The number of rotatable bonds is 1. The molecule has 66 valence electrons. The number of nitrogens with zero attached hydrogens (tertiary/aromatic N) is 1. The molecule has 0 radical (unpaired) electrons. The van der Waals surface area contributed by atoms with Gasteiger partial charge in [0.25, 0.3) is 0 Å². The zero-order chi connectivity index (χ0) is 8.53. The van der Waals surface area contributed by atoms with Crippen molar-refractivity contribution in [3.05, 3.63) is 12.7 Å². The number of nitrogens with two attached hydrogens (primary N) is 1. The Bertz CT molecular complexity index is 91.7. The van der Waals surface area contributed by atoms with Crippen molar-refractivity contribution in [3.8, 4) is 0 Å². The lowest BCUT2D eigenvalue weighted by Crippen LogP contribution is -2.48. The number of ether oxygens (including phenoxy) is 1. The van der Waals surface area contributed by atoms with Gasteiger partial charge in [-0.25, -0.2) is 5.01 Å². The van der Waals surface area contributed by atoms with Gasteiger partial charge in [0, 0.05) is 13.1 Å². The third-order valence-corrected chi connectivity index (χ3v) is 1.19. The predicted octanol–water partition coefficient (Wildman–Crippen LogP) is -0.111. The first kappa shape index (κ1) is 10.6. The lowest BCUT2D eigenvalue weighted by Gasteiger charge is -2.24. The summed E-state index contributed by atoms with van der Waals surface area (Å²) in [6.45, 7) is 8.58. The van der Waals surface area contributed by atoms with Gasteiger partial charge in [-0.05, 0) is 6.92 Å². The van der Waals surface area contributed by atoms with Gasteiger partial charge in [-0.15, -0.1) is 6.58 Å². The van der Waals surface area contributed by atoms with E-state index >= 15 is 0 Å². The fraction of sp³-hybridized carbons (Fsp3) is 0.714. The maximum atomic E-state index is 5.12. The highest BCUT2D eigenvalue weighted by molar-refractivity contribution is 4.53. The summed E-state index contributed by atoms with van der Waals surface area (Å²) in [5, 5.41) is 1.92. The number of nitrogens with one attached hydrogen (secondary N) is 1. The SMILES string of the molecule is C=CC.NNN1CCOCC1. The van der Waals surface area contributed by atoms with Crippen molar-refractivity contribution in [1.29, 1.82) is 0 Å². The van der Waals surface area contributed by atoms with Crippen molar-refractivity contribution in [1.82, 2.24) is 10.5 Å². The minimum atomic E-state index is 0.782. The lowest BCUT2D eigenvalue weighted by atomic mass is 10.5. The van der Waals surface area contributed by atoms with E-state index in [4.69, 9.17) is 10.6 Å². The van der Waals surface area contributed by atoms with Crippen LogP contribution in [0.4, 0.5) is 0 Å². The lowest BCUT2D eigenvalue weighted by molar-refractivity contribution is 0.0120. The van der Waals surface area contributed by atoms with E-state index in [-0.39, 0.29) is 0 Å². The molecule has 0 atom stereocenters. The van der Waals surface area contributed by atoms with E-state index in [0.29, 0.717) is 0 Å². The monoisotopic (exact) mass is 159 g/mol. The van der Waals surface area contributed by atoms with Crippen LogP contribution < -0.4 is 11.4 Å². The van der Waals surface area contributed by atoms with Gasteiger partial charge in [-0.1, -0.05) is 6.08 Å². The van der Waals surface area contributed by atoms with Crippen LogP contribution in [0.1, 0.15) is 6.92 Å². The van der Waals surface area contributed by atoms with Gasteiger partial charge in [-0.3, -0.25) is 5.84 Å². The number of hydrogen-bond acceptors (Lipinski definition) is 4. The van der Waals surface area contributed by atoms with Crippen LogP contribution in [0.3, 0.4) is 0 Å². The summed E-state index contributed by atoms with van der Waals surface area (Å²) in [6, 6.07) is 0. The molecule has 1 rings (SSSR count). The Kier molecular flexibility index (Phi) is 7.39. The molecule has 0 aromatic rings. The Hall–Kier alpha value is -0.420. The molecule has 1 aliphatic heterocycles. The standard InChI is InChI=1S/C4H11N3O.C3H6/c5-6-7-1-3-8-4-2-7;1-3-2/h6H,1-5H2;3H,1H2,2H3. The first-order valence-electron chi connectivity index (χ1n) is 3.71. The maximum absolute atomic E-state index is 5.12. The van der Waals surface area contributed by atoms with Gasteiger partial charge in [0.1, 0.15) is 0 Å². The summed E-state index contributed by atoms with van der Waals surface area (Å²) in [5.74, 6) is 5.12. The summed E-state index contributed by atoms with van der Waals surface area (Å²) >= 11 is 0. The Morgan fingerprint density at radius 1 is 1.55 bits per heavy atom. The van der Waals surface area contributed by atoms with E-state index < -0.39 is 0 Å². The molecule has 4 nitrogen and oxygen atoms in total. The Balaban J connectivity index is 0.000000292. The van der Waals surface area contributed by atoms with Crippen LogP contribution >= 0.6 is 0 Å². The molecule has 4 heteroatoms. The van der Waals surface area contributed by atoms with Crippen molar-refractivity contribution >= 4 is 0 Å². The molecule has 1 aliphatic rings. The second kappa shape index (κ2) is 7.68. The molecule has 0 aliphatic carbocycles. The summed E-state index contributed by atoms with van der Waals surface area (Å²) < 4.78 is 5.06. The first-order chi connectivity index (χ1) is 5.35. The Morgan fingerprint density at radius 2 is 2.00 bits per heavy atom. The molecule has 11 heavy (non-hydrogen) atoms. The smallest absolute Gasteiger partial charge is 0.0608 e. The fourth-order valence-electron chi connectivity index (χ4n) is 0.692. The van der Waals surface area contributed by atoms with E-state index in [0.717, 1.165) is 26.3 Å². The summed E-state index contributed by atoms with van der Waals surface area (Å²) in [5.41, 5.74) is 2.56. The van der Waals surface area contributed by atoms with Crippen molar-refractivity contribution in [2.24, 2.45) is 5.84 Å². The molecule has 1 heterocycles. The van der Waals surface area contributed by atoms with Crippen molar-refractivity contribution in [3.63, 3.8) is 0 Å². The molecule has 0 aromatic heterocycles. The molecule has 0 bridgehead atoms. The van der Waals surface area contributed by atoms with Crippen LogP contribution in [0, 0.1) is 0 Å². The predicted molar refractivity (Wildman–Crippen MR) is 45.6 cm³/mol. The fourth-order valence-corrected chi connectivity index (χ4v) is 0.692. The number of morpholine rings is 1. The van der Waals surface area contributed by atoms with Crippen molar-refractivity contribution in [2.75, 3.05) is 26.3 Å². The van der Waals surface area contributed by atoms with Crippen molar-refractivity contribution < 1.29 is 4.74 Å². The Labute approximate surface area is 67.9 Å². The maximum Gasteiger partial charge on any atom is 0.0608 e. The topological polar surface area (TPSA) is 50.5 Å². The van der Waals surface area contributed by atoms with Crippen LogP contribution in [-0.2, 0) is 4.74 Å². The average Bonchev–Trinajstić information content (AvgIpc) is 2.08. The van der Waals surface area contributed by atoms with Crippen LogP contribution in [-0.4, -0.2) is 31.3 Å². The third kappa shape index (κ3) is 6.00. The highest BCUT2D eigenvalue weighted by Crippen LogP contribution is 1.89. The molecular formula is C7H17N3O. The van der Waals surface area contributed by atoms with Crippen LogP contribution in [0.5, 0.6) is 0 Å². The van der Waals surface area contributed by atoms with E-state index in [1.54, 1.807) is 6.08 Å². The van der Waals surface area contributed by atoms with Gasteiger partial charge in [0.2, 0.25) is 0 Å². The van der Waals surface area contributed by atoms with Crippen LogP contribution in [0.25, 0.3) is 0 Å². The molecule has 1 saturated heterocycles. The molecular weight excluding hydrogens is 142 g/mol. The highest BCUT2D eigenvalue weighted by Gasteiger charge is 2.06. The quantitative estimate of drug-likeness (QED) is 0.318. The molecule has 0 aromatic carbocycles. The van der Waals surface area contributed by atoms with Gasteiger partial charge in [0.05, 0.1) is 13.2 Å². The van der Waals surface area contributed by atoms with E-state index in [1.807, 2.05) is 11.9 Å². The summed E-state index contributed by atoms with van der Waals surface area (Å²) in [4.78, 5) is 0. The van der Waals surface area contributed by atoms with Gasteiger partial charge < -0.3 is 4.74 Å². The van der Waals surface area contributed by atoms with Gasteiger partial charge in [-0.2, -0.15) is 5.53 Å². The first-order valence-corrected chi connectivity index (χ1v) is 3.71. The third-order valence-electron chi connectivity index (χ3n) is 1.19. The van der Waals surface area contributed by atoms with Crippen LogP contribution in [0.15, 0.2) is 12.7 Å². The zero-order valence-corrected chi connectivity index (χ0v) is 7.05. The van der Waals surface area contributed by atoms with E-state index in [1.165, 1.54) is 0 Å². The summed E-state index contributed by atoms with van der Waals surface area (Å²) in [7, 11) is 0. The second-order valence-corrected chi connectivity index (χ2v) is 2.14.